The molecular formula is C16H27F2NO2. The first-order valence-electron chi connectivity index (χ1n) is 7.04. The Bertz CT molecular complexity index is 411. The molecule has 3 nitrogen and oxygen atoms in total. The van der Waals surface area contributed by atoms with Gasteiger partial charge in [0, 0.05) is 14.2 Å². The lowest BCUT2D eigenvalue weighted by Gasteiger charge is -2.23. The van der Waals surface area contributed by atoms with Crippen molar-refractivity contribution < 1.29 is 18.6 Å². The van der Waals surface area contributed by atoms with E-state index in [0.29, 0.717) is 18.4 Å². The van der Waals surface area contributed by atoms with Gasteiger partial charge in [-0.05, 0) is 50.8 Å². The summed E-state index contributed by atoms with van der Waals surface area (Å²) in [6.45, 7) is 3.56. The molecule has 2 atom stereocenters. The number of benzene rings is 1. The van der Waals surface area contributed by atoms with Crippen molar-refractivity contribution in [3.8, 4) is 0 Å². The molecule has 0 aliphatic heterocycles. The molecule has 1 unspecified atom stereocenters. The van der Waals surface area contributed by atoms with E-state index in [0.717, 1.165) is 12.5 Å². The average molecular weight is 303 g/mol. The molecule has 1 aromatic rings. The predicted octanol–water partition coefficient (Wildman–Crippen LogP) is 3.43. The molecule has 1 rings (SSSR count). The summed E-state index contributed by atoms with van der Waals surface area (Å²) in [5.41, 5.74) is -0.501. The highest BCUT2D eigenvalue weighted by molar-refractivity contribution is 5.22. The van der Waals surface area contributed by atoms with Crippen LogP contribution in [-0.4, -0.2) is 32.1 Å². The summed E-state index contributed by atoms with van der Waals surface area (Å²) in [5.74, 6) is -1.62. The Morgan fingerprint density at radius 1 is 1.33 bits per heavy atom. The minimum atomic E-state index is -0.903. The van der Waals surface area contributed by atoms with Gasteiger partial charge in [0.1, 0.15) is 5.72 Å². The lowest BCUT2D eigenvalue weighted by atomic mass is 9.93. The van der Waals surface area contributed by atoms with Gasteiger partial charge >= 0.3 is 0 Å². The topological polar surface area (TPSA) is 41.5 Å². The Morgan fingerprint density at radius 2 is 1.90 bits per heavy atom. The van der Waals surface area contributed by atoms with E-state index in [-0.39, 0.29) is 5.92 Å². The number of aliphatic hydroxyl groups is 1. The van der Waals surface area contributed by atoms with E-state index in [1.54, 1.807) is 34.3 Å². The average Bonchev–Trinajstić information content (AvgIpc) is 2.42. The van der Waals surface area contributed by atoms with E-state index in [1.807, 2.05) is 6.92 Å². The lowest BCUT2D eigenvalue weighted by Crippen LogP contribution is -2.39. The summed E-state index contributed by atoms with van der Waals surface area (Å²) in [7, 11) is 4.94. The normalized spacial score (nSPS) is 14.9. The lowest BCUT2D eigenvalue weighted by molar-refractivity contribution is 0.0207. The molecule has 0 saturated carbocycles. The number of halogens is 2. The van der Waals surface area contributed by atoms with E-state index in [1.165, 1.54) is 6.07 Å². The number of ether oxygens (including phenoxy) is 1. The van der Waals surface area contributed by atoms with Crippen molar-refractivity contribution in [2.24, 2.45) is 0 Å². The van der Waals surface area contributed by atoms with Gasteiger partial charge in [0.15, 0.2) is 11.6 Å². The van der Waals surface area contributed by atoms with Gasteiger partial charge in [0.25, 0.3) is 0 Å². The fourth-order valence-electron chi connectivity index (χ4n) is 1.93. The van der Waals surface area contributed by atoms with Crippen LogP contribution in [0.15, 0.2) is 18.2 Å². The molecule has 0 spiro atoms. The van der Waals surface area contributed by atoms with Crippen LogP contribution in [0.3, 0.4) is 0 Å². The second kappa shape index (κ2) is 9.82. The van der Waals surface area contributed by atoms with E-state index in [9.17, 15) is 13.9 Å². The summed E-state index contributed by atoms with van der Waals surface area (Å²) >= 11 is 0. The maximum absolute atomic E-state index is 13.5. The first-order chi connectivity index (χ1) is 9.79. The Morgan fingerprint density at radius 3 is 2.43 bits per heavy atom. The molecular weight excluding hydrogens is 276 g/mol. The number of hydrogen-bond donors (Lipinski definition) is 2. The summed E-state index contributed by atoms with van der Waals surface area (Å²) in [5, 5.41) is 12.6. The van der Waals surface area contributed by atoms with Crippen molar-refractivity contribution in [3.05, 3.63) is 35.4 Å². The standard InChI is InChI=1S/C14H21F2NO.C2H6O/c1-10(6-5-9-14(2,18)17-3)11-7-4-8-12(15)13(11)16;1-3-2/h4,7-8,10,17-18H,5-6,9H2,1-3H3;1-2H3/t10-,14?;/m0./s1. The molecule has 0 aromatic heterocycles. The van der Waals surface area contributed by atoms with Crippen LogP contribution in [0.25, 0.3) is 0 Å². The van der Waals surface area contributed by atoms with E-state index in [4.69, 9.17) is 0 Å². The third kappa shape index (κ3) is 7.50. The zero-order chi connectivity index (χ0) is 16.5. The van der Waals surface area contributed by atoms with Gasteiger partial charge in [-0.2, -0.15) is 0 Å². The van der Waals surface area contributed by atoms with Crippen LogP contribution in [0.1, 0.15) is 44.6 Å². The Kier molecular flexibility index (Phi) is 9.33. The Labute approximate surface area is 126 Å². The molecule has 0 fully saturated rings. The van der Waals surface area contributed by atoms with Crippen LogP contribution in [0.2, 0.25) is 0 Å². The van der Waals surface area contributed by atoms with Crippen molar-refractivity contribution in [1.82, 2.24) is 5.32 Å². The molecule has 0 aliphatic carbocycles. The maximum atomic E-state index is 13.5. The van der Waals surface area contributed by atoms with E-state index >= 15 is 0 Å². The monoisotopic (exact) mass is 303 g/mol. The molecule has 1 aromatic carbocycles. The van der Waals surface area contributed by atoms with Crippen molar-refractivity contribution in [2.45, 2.75) is 44.8 Å². The van der Waals surface area contributed by atoms with Gasteiger partial charge in [0.05, 0.1) is 0 Å². The second-order valence-corrected chi connectivity index (χ2v) is 5.37. The molecule has 0 radical (unpaired) electrons. The number of nitrogens with one attached hydrogen (secondary N) is 1. The minimum Gasteiger partial charge on any atom is -0.388 e. The highest BCUT2D eigenvalue weighted by atomic mass is 19.2. The minimum absolute atomic E-state index is 0.0617. The summed E-state index contributed by atoms with van der Waals surface area (Å²) in [4.78, 5) is 0. The third-order valence-electron chi connectivity index (χ3n) is 3.35. The largest absolute Gasteiger partial charge is 0.388 e. The molecule has 0 heterocycles. The van der Waals surface area contributed by atoms with Crippen molar-refractivity contribution in [1.29, 1.82) is 0 Å². The maximum Gasteiger partial charge on any atom is 0.162 e. The third-order valence-corrected chi connectivity index (χ3v) is 3.35. The Balaban J connectivity index is 0.00000122. The zero-order valence-electron chi connectivity index (χ0n) is 13.5. The van der Waals surface area contributed by atoms with Crippen LogP contribution in [-0.2, 0) is 4.74 Å². The quantitative estimate of drug-likeness (QED) is 0.791. The zero-order valence-corrected chi connectivity index (χ0v) is 13.5. The summed E-state index contributed by atoms with van der Waals surface area (Å²) in [6, 6.07) is 4.25. The van der Waals surface area contributed by atoms with Crippen LogP contribution in [0.5, 0.6) is 0 Å². The highest BCUT2D eigenvalue weighted by Gasteiger charge is 2.18. The molecule has 0 saturated heterocycles. The first kappa shape index (κ1) is 20.0. The van der Waals surface area contributed by atoms with Crippen LogP contribution in [0, 0.1) is 11.6 Å². The van der Waals surface area contributed by atoms with E-state index < -0.39 is 17.4 Å². The molecule has 0 amide bonds. The van der Waals surface area contributed by atoms with Crippen molar-refractivity contribution >= 4 is 0 Å². The molecule has 5 heteroatoms. The molecule has 0 aliphatic rings. The Hall–Kier alpha value is -1.04. The van der Waals surface area contributed by atoms with Gasteiger partial charge in [0.2, 0.25) is 0 Å². The second-order valence-electron chi connectivity index (χ2n) is 5.37. The number of methoxy groups -OCH3 is 1. The van der Waals surface area contributed by atoms with Crippen molar-refractivity contribution in [2.75, 3.05) is 21.3 Å². The van der Waals surface area contributed by atoms with Gasteiger partial charge in [-0.15, -0.1) is 0 Å². The fraction of sp³-hybridized carbons (Fsp3) is 0.625. The molecule has 122 valence electrons. The molecule has 0 bridgehead atoms. The first-order valence-corrected chi connectivity index (χ1v) is 7.04. The number of hydrogen-bond acceptors (Lipinski definition) is 3. The predicted molar refractivity (Wildman–Crippen MR) is 81.2 cm³/mol. The summed E-state index contributed by atoms with van der Waals surface area (Å²) < 4.78 is 30.9. The van der Waals surface area contributed by atoms with Crippen LogP contribution in [0.4, 0.5) is 8.78 Å². The van der Waals surface area contributed by atoms with Gasteiger partial charge in [-0.3, -0.25) is 5.32 Å². The van der Waals surface area contributed by atoms with Gasteiger partial charge < -0.3 is 9.84 Å². The van der Waals surface area contributed by atoms with Gasteiger partial charge in [-0.1, -0.05) is 19.1 Å². The summed E-state index contributed by atoms with van der Waals surface area (Å²) in [6.07, 6.45) is 2.02. The molecule has 21 heavy (non-hydrogen) atoms. The smallest absolute Gasteiger partial charge is 0.162 e. The van der Waals surface area contributed by atoms with Crippen LogP contribution >= 0.6 is 0 Å². The fourth-order valence-corrected chi connectivity index (χ4v) is 1.93. The molecule has 2 N–H and O–H groups in total. The highest BCUT2D eigenvalue weighted by Crippen LogP contribution is 2.26. The van der Waals surface area contributed by atoms with Crippen molar-refractivity contribution in [3.63, 3.8) is 0 Å². The van der Waals surface area contributed by atoms with E-state index in [2.05, 4.69) is 10.1 Å². The SMILES string of the molecule is CNC(C)(O)CCC[C@H](C)c1cccc(F)c1F.COC. The van der Waals surface area contributed by atoms with Gasteiger partial charge in [-0.25, -0.2) is 8.78 Å². The van der Waals surface area contributed by atoms with Crippen LogP contribution < -0.4 is 5.32 Å². The number of rotatable bonds is 6.